The third-order valence-electron chi connectivity index (χ3n) is 1.58. The average Bonchev–Trinajstić information content (AvgIpc) is 2.18. The number of rotatable bonds is 4. The second kappa shape index (κ2) is 4.94. The Morgan fingerprint density at radius 2 is 1.67 bits per heavy atom. The third kappa shape index (κ3) is 3.46. The largest absolute Gasteiger partial charge is 0.417 e. The summed E-state index contributed by atoms with van der Waals surface area (Å²) in [5.74, 6) is 0. The molecule has 0 amide bonds. The molecular formula is C9H7BrF4O. The lowest BCUT2D eigenvalue weighted by Crippen LogP contribution is -2.30. The van der Waals surface area contributed by atoms with Gasteiger partial charge in [-0.25, -0.2) is 8.78 Å². The lowest BCUT2D eigenvalue weighted by atomic mass is 10.2. The molecule has 1 atom stereocenters. The zero-order chi connectivity index (χ0) is 11.5. The number of ether oxygens (including phenoxy) is 1. The molecule has 0 aliphatic rings. The first kappa shape index (κ1) is 12.4. The minimum Gasteiger partial charge on any atom is -0.296 e. The number of hydrogen-bond donors (Lipinski definition) is 0. The highest BCUT2D eigenvalue weighted by Gasteiger charge is 2.44. The van der Waals surface area contributed by atoms with Crippen molar-refractivity contribution in [1.29, 1.82) is 0 Å². The van der Waals surface area contributed by atoms with Crippen molar-refractivity contribution in [2.75, 3.05) is 0 Å². The Labute approximate surface area is 92.2 Å². The van der Waals surface area contributed by atoms with Crippen LogP contribution in [0.1, 0.15) is 10.6 Å². The van der Waals surface area contributed by atoms with E-state index in [2.05, 4.69) is 20.7 Å². The molecule has 15 heavy (non-hydrogen) atoms. The van der Waals surface area contributed by atoms with Crippen LogP contribution in [-0.2, 0) is 4.74 Å². The van der Waals surface area contributed by atoms with Gasteiger partial charge < -0.3 is 0 Å². The highest BCUT2D eigenvalue weighted by molar-refractivity contribution is 9.09. The highest BCUT2D eigenvalue weighted by Crippen LogP contribution is 2.34. The Bertz CT molecular complexity index is 304. The van der Waals surface area contributed by atoms with E-state index in [0.29, 0.717) is 5.56 Å². The second-order valence-electron chi connectivity index (χ2n) is 2.71. The van der Waals surface area contributed by atoms with E-state index in [1.165, 1.54) is 12.1 Å². The molecular weight excluding hydrogens is 280 g/mol. The van der Waals surface area contributed by atoms with Crippen molar-refractivity contribution in [2.24, 2.45) is 0 Å². The summed E-state index contributed by atoms with van der Waals surface area (Å²) in [5, 5.41) is -1.26. The van der Waals surface area contributed by atoms with E-state index < -0.39 is 17.5 Å². The van der Waals surface area contributed by atoms with Crippen LogP contribution in [-0.4, -0.2) is 12.5 Å². The van der Waals surface area contributed by atoms with Gasteiger partial charge in [-0.3, -0.25) is 4.74 Å². The normalized spacial score (nSPS) is 14.3. The lowest BCUT2D eigenvalue weighted by molar-refractivity contribution is -0.306. The van der Waals surface area contributed by atoms with Crippen molar-refractivity contribution >= 4 is 15.9 Å². The molecule has 1 rings (SSSR count). The first-order chi connectivity index (χ1) is 6.93. The van der Waals surface area contributed by atoms with Crippen molar-refractivity contribution in [3.8, 4) is 0 Å². The molecule has 0 saturated heterocycles. The molecule has 1 aromatic rings. The van der Waals surface area contributed by atoms with Crippen molar-refractivity contribution in [1.82, 2.24) is 0 Å². The SMILES string of the molecule is FC(F)C(F)(F)OC(Br)c1ccccc1. The van der Waals surface area contributed by atoms with Crippen LogP contribution in [0, 0.1) is 0 Å². The van der Waals surface area contributed by atoms with Crippen LogP contribution in [0.2, 0.25) is 0 Å². The molecule has 0 spiro atoms. The summed E-state index contributed by atoms with van der Waals surface area (Å²) in [6.45, 7) is 0. The Balaban J connectivity index is 2.68. The summed E-state index contributed by atoms with van der Waals surface area (Å²) < 4.78 is 52.5. The summed E-state index contributed by atoms with van der Waals surface area (Å²) in [7, 11) is 0. The molecule has 0 saturated carbocycles. The Morgan fingerprint density at radius 1 is 1.13 bits per heavy atom. The molecule has 84 valence electrons. The predicted octanol–water partition coefficient (Wildman–Crippen LogP) is 3.95. The smallest absolute Gasteiger partial charge is 0.296 e. The molecule has 1 aromatic carbocycles. The molecule has 0 aliphatic carbocycles. The average molecular weight is 287 g/mol. The van der Waals surface area contributed by atoms with E-state index in [-0.39, 0.29) is 0 Å². The van der Waals surface area contributed by atoms with Gasteiger partial charge in [0.2, 0.25) is 0 Å². The van der Waals surface area contributed by atoms with Crippen LogP contribution in [0.25, 0.3) is 0 Å². The molecule has 0 aliphatic heterocycles. The van der Waals surface area contributed by atoms with Gasteiger partial charge in [-0.1, -0.05) is 46.3 Å². The van der Waals surface area contributed by atoms with E-state index >= 15 is 0 Å². The predicted molar refractivity (Wildman–Crippen MR) is 50.1 cm³/mol. The van der Waals surface area contributed by atoms with E-state index in [0.717, 1.165) is 0 Å². The second-order valence-corrected chi connectivity index (χ2v) is 3.54. The Kier molecular flexibility index (Phi) is 4.10. The number of halogens is 5. The molecule has 0 fully saturated rings. The molecule has 6 heteroatoms. The first-order valence-electron chi connectivity index (χ1n) is 3.96. The van der Waals surface area contributed by atoms with Crippen molar-refractivity contribution in [2.45, 2.75) is 17.5 Å². The molecule has 0 heterocycles. The molecule has 0 N–H and O–H groups in total. The van der Waals surface area contributed by atoms with Gasteiger partial charge in [-0.15, -0.1) is 0 Å². The maximum Gasteiger partial charge on any atom is 0.417 e. The molecule has 1 unspecified atom stereocenters. The number of benzene rings is 1. The van der Waals surface area contributed by atoms with Gasteiger partial charge in [0, 0.05) is 0 Å². The zero-order valence-corrected chi connectivity index (χ0v) is 8.93. The highest BCUT2D eigenvalue weighted by atomic mass is 79.9. The van der Waals surface area contributed by atoms with E-state index in [4.69, 9.17) is 0 Å². The summed E-state index contributed by atoms with van der Waals surface area (Å²) in [6.07, 6.45) is -8.30. The molecule has 0 bridgehead atoms. The van der Waals surface area contributed by atoms with Gasteiger partial charge in [-0.2, -0.15) is 8.78 Å². The fraction of sp³-hybridized carbons (Fsp3) is 0.333. The van der Waals surface area contributed by atoms with Crippen LogP contribution in [0.3, 0.4) is 0 Å². The van der Waals surface area contributed by atoms with Gasteiger partial charge in [-0.05, 0) is 5.56 Å². The number of alkyl halides is 5. The summed E-state index contributed by atoms with van der Waals surface area (Å²) >= 11 is 2.75. The van der Waals surface area contributed by atoms with Crippen molar-refractivity contribution < 1.29 is 22.3 Å². The molecule has 0 aromatic heterocycles. The zero-order valence-electron chi connectivity index (χ0n) is 7.34. The minimum absolute atomic E-state index is 0.345. The van der Waals surface area contributed by atoms with E-state index in [9.17, 15) is 17.6 Å². The third-order valence-corrected chi connectivity index (χ3v) is 2.29. The fourth-order valence-corrected chi connectivity index (χ4v) is 1.42. The first-order valence-corrected chi connectivity index (χ1v) is 4.88. The quantitative estimate of drug-likeness (QED) is 0.601. The summed E-state index contributed by atoms with van der Waals surface area (Å²) in [6, 6.07) is 7.83. The van der Waals surface area contributed by atoms with Crippen molar-refractivity contribution in [3.05, 3.63) is 35.9 Å². The van der Waals surface area contributed by atoms with Crippen molar-refractivity contribution in [3.63, 3.8) is 0 Å². The van der Waals surface area contributed by atoms with Crippen LogP contribution < -0.4 is 0 Å². The van der Waals surface area contributed by atoms with Gasteiger partial charge in [0.15, 0.2) is 0 Å². The lowest BCUT2D eigenvalue weighted by Gasteiger charge is -2.19. The van der Waals surface area contributed by atoms with Crippen LogP contribution in [0.5, 0.6) is 0 Å². The van der Waals surface area contributed by atoms with Crippen LogP contribution in [0.4, 0.5) is 17.6 Å². The van der Waals surface area contributed by atoms with Gasteiger partial charge in [0.1, 0.15) is 5.01 Å². The Morgan fingerprint density at radius 3 is 2.13 bits per heavy atom. The Hall–Kier alpha value is -0.620. The van der Waals surface area contributed by atoms with E-state index in [1.807, 2.05) is 0 Å². The minimum atomic E-state index is -4.45. The van der Waals surface area contributed by atoms with Crippen LogP contribution in [0.15, 0.2) is 30.3 Å². The van der Waals surface area contributed by atoms with E-state index in [1.54, 1.807) is 18.2 Å². The van der Waals surface area contributed by atoms with Gasteiger partial charge in [0.25, 0.3) is 0 Å². The molecule has 1 nitrogen and oxygen atoms in total. The maximum absolute atomic E-state index is 12.5. The fourth-order valence-electron chi connectivity index (χ4n) is 0.862. The van der Waals surface area contributed by atoms with Gasteiger partial charge in [0.05, 0.1) is 0 Å². The summed E-state index contributed by atoms with van der Waals surface area (Å²) in [5.41, 5.74) is 0.345. The maximum atomic E-state index is 12.5. The monoisotopic (exact) mass is 286 g/mol. The molecule has 0 radical (unpaired) electrons. The standard InChI is InChI=1S/C9H7BrF4O/c10-7(6-4-2-1-3-5-6)15-9(13,14)8(11)12/h1-5,7-8H. The topological polar surface area (TPSA) is 9.23 Å². The number of hydrogen-bond acceptors (Lipinski definition) is 1. The summed E-state index contributed by atoms with van der Waals surface area (Å²) in [4.78, 5) is 0. The van der Waals surface area contributed by atoms with Gasteiger partial charge >= 0.3 is 12.5 Å². The van der Waals surface area contributed by atoms with Crippen LogP contribution >= 0.6 is 15.9 Å².